The van der Waals surface area contributed by atoms with Crippen LogP contribution in [0.5, 0.6) is 0 Å². The SMILES string of the molecule is C=CC1CC[C@]2(CO)CC[C@]3(C)C(CCC4[C@@](C)(CC[C@@H](C)O)C(C)CC[C@]43C)C12. The van der Waals surface area contributed by atoms with Gasteiger partial charge in [-0.15, -0.1) is 6.58 Å². The van der Waals surface area contributed by atoms with Crippen LogP contribution in [0, 0.1) is 51.2 Å². The van der Waals surface area contributed by atoms with Gasteiger partial charge in [0.15, 0.2) is 0 Å². The molecule has 0 aromatic carbocycles. The van der Waals surface area contributed by atoms with E-state index in [9.17, 15) is 10.2 Å². The van der Waals surface area contributed by atoms with Crippen LogP contribution >= 0.6 is 0 Å². The van der Waals surface area contributed by atoms with E-state index in [0.717, 1.165) is 30.6 Å². The van der Waals surface area contributed by atoms with E-state index in [0.29, 0.717) is 34.7 Å². The Balaban J connectivity index is 1.71. The molecule has 0 aliphatic heterocycles. The summed E-state index contributed by atoms with van der Waals surface area (Å²) in [6.07, 6.45) is 14.4. The van der Waals surface area contributed by atoms with Crippen molar-refractivity contribution in [2.75, 3.05) is 6.61 Å². The molecule has 2 N–H and O–H groups in total. The van der Waals surface area contributed by atoms with Crippen LogP contribution in [0.4, 0.5) is 0 Å². The molecule has 10 atom stereocenters. The van der Waals surface area contributed by atoms with Gasteiger partial charge in [0.2, 0.25) is 0 Å². The topological polar surface area (TPSA) is 40.5 Å². The Morgan fingerprint density at radius 3 is 2.37 bits per heavy atom. The van der Waals surface area contributed by atoms with Gasteiger partial charge in [-0.3, -0.25) is 0 Å². The van der Waals surface area contributed by atoms with Crippen molar-refractivity contribution in [1.82, 2.24) is 0 Å². The molecule has 4 rings (SSSR count). The highest BCUT2D eigenvalue weighted by molar-refractivity contribution is 5.18. The van der Waals surface area contributed by atoms with Gasteiger partial charge in [0.25, 0.3) is 0 Å². The van der Waals surface area contributed by atoms with E-state index in [2.05, 4.69) is 40.3 Å². The quantitative estimate of drug-likeness (QED) is 0.495. The highest BCUT2D eigenvalue weighted by atomic mass is 16.3. The van der Waals surface area contributed by atoms with Gasteiger partial charge in [-0.25, -0.2) is 0 Å². The van der Waals surface area contributed by atoms with E-state index in [1.54, 1.807) is 0 Å². The highest BCUT2D eigenvalue weighted by Gasteiger charge is 2.68. The van der Waals surface area contributed by atoms with Crippen molar-refractivity contribution in [1.29, 1.82) is 0 Å². The first-order valence-corrected chi connectivity index (χ1v) is 13.0. The lowest BCUT2D eigenvalue weighted by molar-refractivity contribution is -0.221. The van der Waals surface area contributed by atoms with Gasteiger partial charge >= 0.3 is 0 Å². The Kier molecular flexibility index (Phi) is 5.80. The molecule has 0 radical (unpaired) electrons. The Bertz CT molecular complexity index is 657. The summed E-state index contributed by atoms with van der Waals surface area (Å²) >= 11 is 0. The van der Waals surface area contributed by atoms with Crippen LogP contribution < -0.4 is 0 Å². The third kappa shape index (κ3) is 2.95. The molecular formula is C28H48O2. The van der Waals surface area contributed by atoms with Crippen molar-refractivity contribution >= 4 is 0 Å². The molecule has 0 saturated heterocycles. The third-order valence-corrected chi connectivity index (χ3v) is 12.1. The van der Waals surface area contributed by atoms with Crippen molar-refractivity contribution in [3.05, 3.63) is 12.7 Å². The first-order chi connectivity index (χ1) is 14.1. The van der Waals surface area contributed by atoms with Gasteiger partial charge in [-0.1, -0.05) is 33.8 Å². The van der Waals surface area contributed by atoms with Crippen LogP contribution in [0.1, 0.15) is 98.8 Å². The average Bonchev–Trinajstić information content (AvgIpc) is 3.10. The van der Waals surface area contributed by atoms with Crippen LogP contribution in [0.15, 0.2) is 12.7 Å². The lowest BCUT2D eigenvalue weighted by Gasteiger charge is -2.70. The van der Waals surface area contributed by atoms with Gasteiger partial charge in [0.05, 0.1) is 6.10 Å². The molecule has 0 spiro atoms. The van der Waals surface area contributed by atoms with Gasteiger partial charge in [-0.05, 0) is 122 Å². The van der Waals surface area contributed by atoms with Gasteiger partial charge < -0.3 is 10.2 Å². The monoisotopic (exact) mass is 416 g/mol. The minimum atomic E-state index is -0.194. The molecule has 0 aromatic heterocycles. The zero-order valence-corrected chi connectivity index (χ0v) is 20.4. The summed E-state index contributed by atoms with van der Waals surface area (Å²) in [4.78, 5) is 0. The minimum absolute atomic E-state index is 0.157. The predicted molar refractivity (Wildman–Crippen MR) is 125 cm³/mol. The van der Waals surface area contributed by atoms with Gasteiger partial charge in [0.1, 0.15) is 0 Å². The molecule has 4 fully saturated rings. The zero-order valence-electron chi connectivity index (χ0n) is 20.4. The Hall–Kier alpha value is -0.340. The zero-order chi connectivity index (χ0) is 21.9. The summed E-state index contributed by atoms with van der Waals surface area (Å²) in [7, 11) is 0. The number of allylic oxidation sites excluding steroid dienone is 1. The van der Waals surface area contributed by atoms with Gasteiger partial charge in [-0.2, -0.15) is 0 Å². The Morgan fingerprint density at radius 1 is 1.00 bits per heavy atom. The number of fused-ring (bicyclic) bond motifs is 5. The van der Waals surface area contributed by atoms with Crippen LogP contribution in [0.3, 0.4) is 0 Å². The van der Waals surface area contributed by atoms with E-state index in [1.165, 1.54) is 51.4 Å². The molecule has 2 heteroatoms. The van der Waals surface area contributed by atoms with Crippen molar-refractivity contribution in [3.63, 3.8) is 0 Å². The molecule has 172 valence electrons. The molecule has 4 aliphatic carbocycles. The minimum Gasteiger partial charge on any atom is -0.396 e. The molecule has 5 unspecified atom stereocenters. The van der Waals surface area contributed by atoms with Gasteiger partial charge in [0, 0.05) is 6.61 Å². The Labute approximate surface area is 185 Å². The number of aliphatic hydroxyl groups is 2. The molecule has 30 heavy (non-hydrogen) atoms. The first kappa shape index (κ1) is 22.8. The molecule has 0 aromatic rings. The number of rotatable bonds is 5. The molecule has 2 nitrogen and oxygen atoms in total. The van der Waals surface area contributed by atoms with Crippen molar-refractivity contribution in [2.45, 2.75) is 105 Å². The maximum Gasteiger partial charge on any atom is 0.0512 e. The van der Waals surface area contributed by atoms with Crippen LogP contribution in [-0.4, -0.2) is 22.9 Å². The van der Waals surface area contributed by atoms with E-state index >= 15 is 0 Å². The van der Waals surface area contributed by atoms with Crippen LogP contribution in [0.2, 0.25) is 0 Å². The van der Waals surface area contributed by atoms with Crippen LogP contribution in [0.25, 0.3) is 0 Å². The predicted octanol–water partition coefficient (Wildman–Crippen LogP) is 6.61. The third-order valence-electron chi connectivity index (χ3n) is 12.1. The number of aliphatic hydroxyl groups excluding tert-OH is 2. The second-order valence-electron chi connectivity index (χ2n) is 12.9. The lowest BCUT2D eigenvalue weighted by atomic mass is 9.34. The maximum absolute atomic E-state index is 10.5. The summed E-state index contributed by atoms with van der Waals surface area (Å²) in [5, 5.41) is 20.6. The molecule has 0 amide bonds. The highest BCUT2D eigenvalue weighted by Crippen LogP contribution is 2.75. The van der Waals surface area contributed by atoms with E-state index < -0.39 is 0 Å². The number of hydrogen-bond acceptors (Lipinski definition) is 2. The summed E-state index contributed by atoms with van der Waals surface area (Å²) in [5.74, 6) is 3.42. The second-order valence-corrected chi connectivity index (χ2v) is 12.9. The summed E-state index contributed by atoms with van der Waals surface area (Å²) < 4.78 is 0. The fourth-order valence-corrected chi connectivity index (χ4v) is 9.81. The van der Waals surface area contributed by atoms with E-state index in [-0.39, 0.29) is 11.5 Å². The van der Waals surface area contributed by atoms with Crippen molar-refractivity contribution in [3.8, 4) is 0 Å². The van der Waals surface area contributed by atoms with Crippen molar-refractivity contribution < 1.29 is 10.2 Å². The number of hydrogen-bond donors (Lipinski definition) is 2. The molecule has 4 aliphatic rings. The maximum atomic E-state index is 10.5. The standard InChI is InChI=1S/C28H48O2/c1-7-21-12-15-28(18-29)17-16-26(5)22(24(21)28)8-9-23-25(4,13-11-20(3)30)19(2)10-14-27(23,26)6/h7,19-24,29-30H,1,8-18H2,2-6H3/t19?,20-,21?,22?,23?,24?,25+,26-,27-,28-/m1/s1. The summed E-state index contributed by atoms with van der Waals surface area (Å²) in [6.45, 7) is 16.9. The molecular weight excluding hydrogens is 368 g/mol. The summed E-state index contributed by atoms with van der Waals surface area (Å²) in [5.41, 5.74) is 1.21. The molecule has 0 heterocycles. The Morgan fingerprint density at radius 2 is 1.73 bits per heavy atom. The second kappa shape index (κ2) is 7.62. The fourth-order valence-electron chi connectivity index (χ4n) is 9.81. The fraction of sp³-hybridized carbons (Fsp3) is 0.929. The largest absolute Gasteiger partial charge is 0.396 e. The molecule has 4 saturated carbocycles. The first-order valence-electron chi connectivity index (χ1n) is 13.0. The van der Waals surface area contributed by atoms with Crippen LogP contribution in [-0.2, 0) is 0 Å². The van der Waals surface area contributed by atoms with E-state index in [4.69, 9.17) is 0 Å². The van der Waals surface area contributed by atoms with E-state index in [1.807, 2.05) is 6.92 Å². The summed E-state index contributed by atoms with van der Waals surface area (Å²) in [6, 6.07) is 0. The molecule has 0 bridgehead atoms. The lowest BCUT2D eigenvalue weighted by Crippen LogP contribution is -2.64. The normalized spacial score (nSPS) is 54.0. The van der Waals surface area contributed by atoms with Crippen molar-refractivity contribution in [2.24, 2.45) is 51.2 Å². The average molecular weight is 417 g/mol. The smallest absolute Gasteiger partial charge is 0.0512 e.